The van der Waals surface area contributed by atoms with Crippen molar-refractivity contribution in [2.75, 3.05) is 0 Å². The van der Waals surface area contributed by atoms with E-state index in [1.165, 1.54) is 0 Å². The van der Waals surface area contributed by atoms with Gasteiger partial charge in [-0.25, -0.2) is 0 Å². The first kappa shape index (κ1) is 9.78. The summed E-state index contributed by atoms with van der Waals surface area (Å²) >= 11 is 0. The van der Waals surface area contributed by atoms with Crippen LogP contribution in [0.1, 0.15) is 13.8 Å². The Labute approximate surface area is 69.3 Å². The van der Waals surface area contributed by atoms with Gasteiger partial charge in [0.25, 0.3) is 0 Å². The van der Waals surface area contributed by atoms with Crippen LogP contribution in [0.5, 0.6) is 0 Å². The van der Waals surface area contributed by atoms with Crippen molar-refractivity contribution in [2.45, 2.75) is 13.8 Å². The maximum atomic E-state index is 3.76. The minimum absolute atomic E-state index is 0.406. The molecule has 58 valence electrons. The molecule has 0 N–H and O–H groups in total. The van der Waals surface area contributed by atoms with Crippen molar-refractivity contribution in [3.05, 3.63) is 37.0 Å². The second kappa shape index (κ2) is 5.56. The first-order valence-corrected chi connectivity index (χ1v) is 3.66. The topological polar surface area (TPSA) is 0 Å². The van der Waals surface area contributed by atoms with Gasteiger partial charge < -0.3 is 0 Å². The molecule has 0 unspecified atom stereocenters. The molecule has 11 heavy (non-hydrogen) atoms. The van der Waals surface area contributed by atoms with E-state index in [4.69, 9.17) is 0 Å². The average molecular weight is 146 g/mol. The molecule has 0 aliphatic rings. The Bertz CT molecular complexity index is 218. The standard InChI is InChI=1S/C11H14/c1-5-6-7-11(4)9-8-10(2)3/h5-7,10H,1,4H2,2-3H3/b7-6-. The van der Waals surface area contributed by atoms with Crippen molar-refractivity contribution in [2.24, 2.45) is 5.92 Å². The van der Waals surface area contributed by atoms with E-state index < -0.39 is 0 Å². The van der Waals surface area contributed by atoms with E-state index in [0.717, 1.165) is 5.57 Å². The normalized spacial score (nSPS) is 9.36. The fourth-order valence-electron chi connectivity index (χ4n) is 0.463. The molecule has 0 saturated carbocycles. The minimum atomic E-state index is 0.406. The molecule has 0 atom stereocenters. The lowest BCUT2D eigenvalue weighted by Gasteiger charge is -1.87. The molecule has 0 aromatic heterocycles. The summed E-state index contributed by atoms with van der Waals surface area (Å²) in [7, 11) is 0. The lowest BCUT2D eigenvalue weighted by atomic mass is 10.2. The summed E-state index contributed by atoms with van der Waals surface area (Å²) in [4.78, 5) is 0. The van der Waals surface area contributed by atoms with Crippen LogP contribution < -0.4 is 0 Å². The van der Waals surface area contributed by atoms with E-state index in [-0.39, 0.29) is 0 Å². The van der Waals surface area contributed by atoms with E-state index in [1.807, 2.05) is 12.2 Å². The van der Waals surface area contributed by atoms with Crippen LogP contribution in [0.25, 0.3) is 0 Å². The van der Waals surface area contributed by atoms with Crippen molar-refractivity contribution in [3.63, 3.8) is 0 Å². The Hall–Kier alpha value is -1.22. The average Bonchev–Trinajstić information content (AvgIpc) is 1.97. The predicted octanol–water partition coefficient (Wildman–Crippen LogP) is 2.94. The van der Waals surface area contributed by atoms with E-state index in [1.54, 1.807) is 6.08 Å². The zero-order chi connectivity index (χ0) is 8.69. The molecule has 0 saturated heterocycles. The highest BCUT2D eigenvalue weighted by molar-refractivity contribution is 5.36. The van der Waals surface area contributed by atoms with Crippen LogP contribution in [-0.4, -0.2) is 0 Å². The predicted molar refractivity (Wildman–Crippen MR) is 51.1 cm³/mol. The van der Waals surface area contributed by atoms with Crippen LogP contribution in [0.2, 0.25) is 0 Å². The van der Waals surface area contributed by atoms with Crippen LogP contribution in [0, 0.1) is 17.8 Å². The van der Waals surface area contributed by atoms with E-state index in [0.29, 0.717) is 5.92 Å². The molecule has 0 radical (unpaired) electrons. The first-order chi connectivity index (χ1) is 5.16. The van der Waals surface area contributed by atoms with Gasteiger partial charge >= 0.3 is 0 Å². The maximum absolute atomic E-state index is 3.76. The zero-order valence-electron chi connectivity index (χ0n) is 7.22. The van der Waals surface area contributed by atoms with Gasteiger partial charge in [-0.3, -0.25) is 0 Å². The van der Waals surface area contributed by atoms with Crippen LogP contribution in [0.4, 0.5) is 0 Å². The third kappa shape index (κ3) is 6.67. The second-order valence-electron chi connectivity index (χ2n) is 2.54. The van der Waals surface area contributed by atoms with Crippen LogP contribution in [0.15, 0.2) is 37.0 Å². The van der Waals surface area contributed by atoms with Gasteiger partial charge in [-0.1, -0.05) is 51.0 Å². The Morgan fingerprint density at radius 3 is 2.55 bits per heavy atom. The van der Waals surface area contributed by atoms with Gasteiger partial charge in [0, 0.05) is 11.5 Å². The summed E-state index contributed by atoms with van der Waals surface area (Å²) in [6.07, 6.45) is 5.39. The summed E-state index contributed by atoms with van der Waals surface area (Å²) in [6, 6.07) is 0. The quantitative estimate of drug-likeness (QED) is 0.415. The summed E-state index contributed by atoms with van der Waals surface area (Å²) < 4.78 is 0. The highest BCUT2D eigenvalue weighted by Gasteiger charge is 1.81. The first-order valence-electron chi connectivity index (χ1n) is 3.66. The molecule has 0 aliphatic heterocycles. The molecule has 0 heteroatoms. The molecule has 0 spiro atoms. The van der Waals surface area contributed by atoms with E-state index in [9.17, 15) is 0 Å². The van der Waals surface area contributed by atoms with Crippen molar-refractivity contribution < 1.29 is 0 Å². The summed E-state index contributed by atoms with van der Waals surface area (Å²) in [5.41, 5.74) is 0.832. The molecule has 0 aromatic carbocycles. The van der Waals surface area contributed by atoms with E-state index in [2.05, 4.69) is 38.8 Å². The molecule has 0 bridgehead atoms. The van der Waals surface area contributed by atoms with Crippen molar-refractivity contribution in [1.29, 1.82) is 0 Å². The van der Waals surface area contributed by atoms with Crippen molar-refractivity contribution >= 4 is 0 Å². The molecular weight excluding hydrogens is 132 g/mol. The Kier molecular flexibility index (Phi) is 4.94. The molecule has 0 rings (SSSR count). The smallest absolute Gasteiger partial charge is 0.0173 e. The largest absolute Gasteiger partial charge is 0.0991 e. The van der Waals surface area contributed by atoms with Crippen LogP contribution in [0.3, 0.4) is 0 Å². The molecule has 0 heterocycles. The van der Waals surface area contributed by atoms with Gasteiger partial charge in [0.05, 0.1) is 0 Å². The molecule has 0 amide bonds. The molecule has 0 aliphatic carbocycles. The van der Waals surface area contributed by atoms with Gasteiger partial charge in [-0.15, -0.1) is 0 Å². The monoisotopic (exact) mass is 146 g/mol. The van der Waals surface area contributed by atoms with E-state index >= 15 is 0 Å². The minimum Gasteiger partial charge on any atom is -0.0991 e. The Morgan fingerprint density at radius 1 is 1.45 bits per heavy atom. The Balaban J connectivity index is 4.00. The zero-order valence-corrected chi connectivity index (χ0v) is 7.22. The number of rotatable bonds is 2. The molecule has 0 aromatic rings. The maximum Gasteiger partial charge on any atom is 0.0173 e. The number of hydrogen-bond acceptors (Lipinski definition) is 0. The van der Waals surface area contributed by atoms with Crippen molar-refractivity contribution in [3.8, 4) is 11.8 Å². The number of allylic oxidation sites excluding steroid dienone is 4. The lowest BCUT2D eigenvalue weighted by Crippen LogP contribution is -1.77. The second-order valence-corrected chi connectivity index (χ2v) is 2.54. The summed E-state index contributed by atoms with van der Waals surface area (Å²) in [5.74, 6) is 6.36. The van der Waals surface area contributed by atoms with Gasteiger partial charge in [0.15, 0.2) is 0 Å². The third-order valence-corrected chi connectivity index (χ3v) is 0.955. The SMILES string of the molecule is C=C/C=C\C(=C)C#CC(C)C. The Morgan fingerprint density at radius 2 is 2.09 bits per heavy atom. The molecule has 0 fully saturated rings. The van der Waals surface area contributed by atoms with Gasteiger partial charge in [0.2, 0.25) is 0 Å². The van der Waals surface area contributed by atoms with Gasteiger partial charge in [-0.05, 0) is 6.08 Å². The van der Waals surface area contributed by atoms with Crippen LogP contribution >= 0.6 is 0 Å². The molecule has 0 nitrogen and oxygen atoms in total. The van der Waals surface area contributed by atoms with Gasteiger partial charge in [0.1, 0.15) is 0 Å². The summed E-state index contributed by atoms with van der Waals surface area (Å²) in [6.45, 7) is 11.4. The molecular formula is C11H14. The fraction of sp³-hybridized carbons (Fsp3) is 0.273. The summed E-state index contributed by atoms with van der Waals surface area (Å²) in [5, 5.41) is 0. The third-order valence-electron chi connectivity index (χ3n) is 0.955. The number of hydrogen-bond donors (Lipinski definition) is 0. The van der Waals surface area contributed by atoms with Gasteiger partial charge in [-0.2, -0.15) is 0 Å². The lowest BCUT2D eigenvalue weighted by molar-refractivity contribution is 0.866. The van der Waals surface area contributed by atoms with Crippen LogP contribution in [-0.2, 0) is 0 Å². The highest BCUT2D eigenvalue weighted by atomic mass is 13.9. The fourth-order valence-corrected chi connectivity index (χ4v) is 0.463. The van der Waals surface area contributed by atoms with Crippen molar-refractivity contribution in [1.82, 2.24) is 0 Å². The highest BCUT2D eigenvalue weighted by Crippen LogP contribution is 1.92.